The van der Waals surface area contributed by atoms with E-state index in [0.717, 1.165) is 26.2 Å². The molecule has 0 spiro atoms. The van der Waals surface area contributed by atoms with Gasteiger partial charge in [0.15, 0.2) is 0 Å². The van der Waals surface area contributed by atoms with E-state index in [1.165, 1.54) is 0 Å². The lowest BCUT2D eigenvalue weighted by molar-refractivity contribution is 0.324. The molecule has 0 atom stereocenters. The van der Waals surface area contributed by atoms with Crippen molar-refractivity contribution in [1.29, 1.82) is 0 Å². The highest BCUT2D eigenvalue weighted by atomic mass is 15.2. The number of rotatable bonds is 2. The van der Waals surface area contributed by atoms with E-state index in [4.69, 9.17) is 0 Å². The summed E-state index contributed by atoms with van der Waals surface area (Å²) in [4.78, 5) is 2.33. The summed E-state index contributed by atoms with van der Waals surface area (Å²) < 4.78 is 0. The molecule has 0 amide bonds. The Bertz CT molecular complexity index is 144. The van der Waals surface area contributed by atoms with Crippen molar-refractivity contribution < 1.29 is 0 Å². The fourth-order valence-electron chi connectivity index (χ4n) is 1.11. The summed E-state index contributed by atoms with van der Waals surface area (Å²) in [5.41, 5.74) is 0. The van der Waals surface area contributed by atoms with Gasteiger partial charge < -0.3 is 10.2 Å². The Morgan fingerprint density at radius 2 is 1.91 bits per heavy atom. The number of allylic oxidation sites excluding steroid dienone is 3. The molecular weight excluding hydrogens is 136 g/mol. The van der Waals surface area contributed by atoms with E-state index in [1.807, 2.05) is 13.0 Å². The van der Waals surface area contributed by atoms with Crippen LogP contribution >= 0.6 is 0 Å². The summed E-state index contributed by atoms with van der Waals surface area (Å²) in [6, 6.07) is 0. The van der Waals surface area contributed by atoms with Gasteiger partial charge in [0, 0.05) is 26.2 Å². The van der Waals surface area contributed by atoms with E-state index < -0.39 is 0 Å². The first-order chi connectivity index (χ1) is 5.43. The van der Waals surface area contributed by atoms with Crippen molar-refractivity contribution in [2.45, 2.75) is 6.92 Å². The van der Waals surface area contributed by atoms with E-state index in [1.54, 1.807) is 0 Å². The monoisotopic (exact) mass is 152 g/mol. The second kappa shape index (κ2) is 4.97. The standard InChI is InChI=1S/C9H16N2/c1-2-3-4-7-11-8-5-10-6-9-11/h2-4,7,10H,5-6,8-9H2,1H3/b3-2+,7-4-. The van der Waals surface area contributed by atoms with Gasteiger partial charge in [-0.3, -0.25) is 0 Å². The molecule has 1 N–H and O–H groups in total. The van der Waals surface area contributed by atoms with Crippen LogP contribution in [0.15, 0.2) is 24.4 Å². The lowest BCUT2D eigenvalue weighted by Crippen LogP contribution is -2.40. The largest absolute Gasteiger partial charge is 0.375 e. The Kier molecular flexibility index (Phi) is 3.76. The van der Waals surface area contributed by atoms with Gasteiger partial charge in [-0.15, -0.1) is 0 Å². The molecule has 0 aromatic carbocycles. The molecule has 0 saturated carbocycles. The van der Waals surface area contributed by atoms with Crippen LogP contribution in [0.25, 0.3) is 0 Å². The topological polar surface area (TPSA) is 15.3 Å². The van der Waals surface area contributed by atoms with Gasteiger partial charge in [-0.05, 0) is 19.2 Å². The molecule has 2 heteroatoms. The highest BCUT2D eigenvalue weighted by molar-refractivity contribution is 5.01. The van der Waals surface area contributed by atoms with E-state index in [9.17, 15) is 0 Å². The Balaban J connectivity index is 2.23. The van der Waals surface area contributed by atoms with Crippen molar-refractivity contribution >= 4 is 0 Å². The fraction of sp³-hybridized carbons (Fsp3) is 0.556. The van der Waals surface area contributed by atoms with E-state index in [2.05, 4.69) is 28.6 Å². The third-order valence-electron chi connectivity index (χ3n) is 1.75. The van der Waals surface area contributed by atoms with Crippen LogP contribution in [0.3, 0.4) is 0 Å². The van der Waals surface area contributed by atoms with Gasteiger partial charge in [0.1, 0.15) is 0 Å². The molecule has 0 unspecified atom stereocenters. The molecule has 11 heavy (non-hydrogen) atoms. The van der Waals surface area contributed by atoms with E-state index >= 15 is 0 Å². The van der Waals surface area contributed by atoms with E-state index in [0.29, 0.717) is 0 Å². The molecule has 1 aliphatic rings. The second-order valence-electron chi connectivity index (χ2n) is 2.65. The first-order valence-corrected chi connectivity index (χ1v) is 4.18. The predicted molar refractivity (Wildman–Crippen MR) is 48.4 cm³/mol. The highest BCUT2D eigenvalue weighted by Gasteiger charge is 2.02. The minimum absolute atomic E-state index is 1.11. The fourth-order valence-corrected chi connectivity index (χ4v) is 1.11. The first kappa shape index (κ1) is 8.34. The van der Waals surface area contributed by atoms with E-state index in [-0.39, 0.29) is 0 Å². The van der Waals surface area contributed by atoms with Crippen LogP contribution in [0.5, 0.6) is 0 Å². The summed E-state index contributed by atoms with van der Waals surface area (Å²) >= 11 is 0. The average Bonchev–Trinajstić information content (AvgIpc) is 2.07. The Hall–Kier alpha value is -0.760. The van der Waals surface area contributed by atoms with Gasteiger partial charge in [0.05, 0.1) is 0 Å². The molecule has 1 fully saturated rings. The molecule has 0 bridgehead atoms. The van der Waals surface area contributed by atoms with Crippen molar-refractivity contribution in [3.63, 3.8) is 0 Å². The molecule has 0 aromatic heterocycles. The minimum Gasteiger partial charge on any atom is -0.375 e. The van der Waals surface area contributed by atoms with Crippen LogP contribution in [0.4, 0.5) is 0 Å². The summed E-state index contributed by atoms with van der Waals surface area (Å²) in [6.07, 6.45) is 8.34. The lowest BCUT2D eigenvalue weighted by Gasteiger charge is -2.25. The summed E-state index contributed by atoms with van der Waals surface area (Å²) in [6.45, 7) is 6.52. The maximum Gasteiger partial charge on any atom is 0.0298 e. The highest BCUT2D eigenvalue weighted by Crippen LogP contribution is 1.92. The zero-order valence-corrected chi connectivity index (χ0v) is 7.09. The summed E-state index contributed by atoms with van der Waals surface area (Å²) in [7, 11) is 0. The summed E-state index contributed by atoms with van der Waals surface area (Å²) in [5.74, 6) is 0. The Morgan fingerprint density at radius 3 is 2.55 bits per heavy atom. The van der Waals surface area contributed by atoms with Crippen LogP contribution in [0.2, 0.25) is 0 Å². The number of hydrogen-bond donors (Lipinski definition) is 1. The molecule has 2 nitrogen and oxygen atoms in total. The summed E-state index contributed by atoms with van der Waals surface area (Å²) in [5, 5.41) is 3.31. The Morgan fingerprint density at radius 1 is 1.18 bits per heavy atom. The van der Waals surface area contributed by atoms with Gasteiger partial charge >= 0.3 is 0 Å². The van der Waals surface area contributed by atoms with Crippen molar-refractivity contribution in [2.24, 2.45) is 0 Å². The molecule has 1 saturated heterocycles. The molecule has 0 aromatic rings. The van der Waals surface area contributed by atoms with Crippen molar-refractivity contribution in [2.75, 3.05) is 26.2 Å². The van der Waals surface area contributed by atoms with Gasteiger partial charge in [0.25, 0.3) is 0 Å². The van der Waals surface area contributed by atoms with Crippen molar-refractivity contribution in [3.8, 4) is 0 Å². The molecule has 1 aliphatic heterocycles. The van der Waals surface area contributed by atoms with Crippen molar-refractivity contribution in [3.05, 3.63) is 24.4 Å². The zero-order valence-electron chi connectivity index (χ0n) is 7.09. The third-order valence-corrected chi connectivity index (χ3v) is 1.75. The number of piperazine rings is 1. The van der Waals surface area contributed by atoms with Crippen LogP contribution < -0.4 is 5.32 Å². The van der Waals surface area contributed by atoms with Crippen LogP contribution in [0, 0.1) is 0 Å². The molecule has 62 valence electrons. The van der Waals surface area contributed by atoms with Gasteiger partial charge in [-0.25, -0.2) is 0 Å². The molecule has 1 heterocycles. The number of nitrogens with one attached hydrogen (secondary N) is 1. The maximum atomic E-state index is 3.31. The zero-order chi connectivity index (χ0) is 7.94. The smallest absolute Gasteiger partial charge is 0.0298 e. The Labute approximate surface area is 68.6 Å². The van der Waals surface area contributed by atoms with Crippen molar-refractivity contribution in [1.82, 2.24) is 10.2 Å². The quantitative estimate of drug-likeness (QED) is 0.593. The molecule has 0 aliphatic carbocycles. The van der Waals surface area contributed by atoms with Crippen LogP contribution in [0.1, 0.15) is 6.92 Å². The van der Waals surface area contributed by atoms with Gasteiger partial charge in [-0.1, -0.05) is 12.2 Å². The molecule has 1 rings (SSSR count). The second-order valence-corrected chi connectivity index (χ2v) is 2.65. The molecule has 0 radical (unpaired) electrons. The predicted octanol–water partition coefficient (Wildman–Crippen LogP) is 0.981. The lowest BCUT2D eigenvalue weighted by atomic mass is 10.4. The SMILES string of the molecule is C/C=C/C=C\N1CCNCC1. The average molecular weight is 152 g/mol. The first-order valence-electron chi connectivity index (χ1n) is 4.18. The minimum atomic E-state index is 1.11. The number of hydrogen-bond acceptors (Lipinski definition) is 2. The normalized spacial score (nSPS) is 20.3. The van der Waals surface area contributed by atoms with Crippen LogP contribution in [-0.4, -0.2) is 31.1 Å². The van der Waals surface area contributed by atoms with Crippen LogP contribution in [-0.2, 0) is 0 Å². The number of nitrogens with zero attached hydrogens (tertiary/aromatic N) is 1. The van der Waals surface area contributed by atoms with Gasteiger partial charge in [0.2, 0.25) is 0 Å². The maximum absolute atomic E-state index is 3.31. The van der Waals surface area contributed by atoms with Gasteiger partial charge in [-0.2, -0.15) is 0 Å². The third kappa shape index (κ3) is 3.23. The molecular formula is C9H16N2.